The first-order valence-electron chi connectivity index (χ1n) is 9.96. The van der Waals surface area contributed by atoms with Crippen molar-refractivity contribution in [2.75, 3.05) is 13.1 Å². The molecule has 0 spiro atoms. The number of halogens is 7. The van der Waals surface area contributed by atoms with E-state index in [2.05, 4.69) is 4.90 Å². The highest BCUT2D eigenvalue weighted by Crippen LogP contribution is 2.49. The minimum absolute atomic E-state index is 0. The van der Waals surface area contributed by atoms with Crippen LogP contribution in [0.25, 0.3) is 0 Å². The smallest absolute Gasteiger partial charge is 0.366 e. The van der Waals surface area contributed by atoms with Crippen molar-refractivity contribution in [1.29, 1.82) is 0 Å². The van der Waals surface area contributed by atoms with Crippen LogP contribution in [-0.2, 0) is 6.18 Å². The van der Waals surface area contributed by atoms with Crippen LogP contribution in [0.15, 0.2) is 30.3 Å². The van der Waals surface area contributed by atoms with E-state index in [1.165, 1.54) is 24.3 Å². The molecule has 3 nitrogen and oxygen atoms in total. The Labute approximate surface area is 199 Å². The topological polar surface area (TPSA) is 46.3 Å². The van der Waals surface area contributed by atoms with Gasteiger partial charge in [-0.25, -0.2) is 4.39 Å². The number of alkyl halides is 3. The molecule has 0 unspecified atom stereocenters. The molecule has 2 atom stereocenters. The lowest BCUT2D eigenvalue weighted by Gasteiger charge is -2.49. The molecule has 3 aliphatic rings. The maximum absolute atomic E-state index is 14.2. The van der Waals surface area contributed by atoms with Crippen molar-refractivity contribution in [3.05, 3.63) is 68.4 Å². The van der Waals surface area contributed by atoms with E-state index in [0.717, 1.165) is 32.0 Å². The van der Waals surface area contributed by atoms with Gasteiger partial charge in [0.1, 0.15) is 5.82 Å². The zero-order valence-electron chi connectivity index (χ0n) is 16.8. The molecular formula is C22H21Cl3F4N2O. The van der Waals surface area contributed by atoms with Crippen molar-refractivity contribution in [3.8, 4) is 0 Å². The lowest BCUT2D eigenvalue weighted by molar-refractivity contribution is -0.138. The average Bonchev–Trinajstić information content (AvgIpc) is 2.69. The highest BCUT2D eigenvalue weighted by Gasteiger charge is 2.45. The van der Waals surface area contributed by atoms with Crippen LogP contribution >= 0.6 is 35.6 Å². The van der Waals surface area contributed by atoms with Crippen LogP contribution in [0, 0.1) is 11.7 Å². The van der Waals surface area contributed by atoms with E-state index >= 15 is 0 Å². The summed E-state index contributed by atoms with van der Waals surface area (Å²) in [5, 5.41) is -1.03. The highest BCUT2D eigenvalue weighted by atomic mass is 35.5. The van der Waals surface area contributed by atoms with Crippen molar-refractivity contribution in [3.63, 3.8) is 0 Å². The SMILES string of the molecule is Cl.NC(=O)c1c(Cl)cc([C@H](c2ccc(F)cc2)[C@@H]2CC3CCN2CC3)c(C(F)(F)F)c1Cl. The molecule has 10 heteroatoms. The first-order valence-corrected chi connectivity index (χ1v) is 10.7. The third-order valence-electron chi connectivity index (χ3n) is 6.42. The summed E-state index contributed by atoms with van der Waals surface area (Å²) in [5.41, 5.74) is 3.98. The lowest BCUT2D eigenvalue weighted by Crippen LogP contribution is -2.51. The molecular weight excluding hydrogens is 491 g/mol. The van der Waals surface area contributed by atoms with Gasteiger partial charge in [-0.3, -0.25) is 9.69 Å². The summed E-state index contributed by atoms with van der Waals surface area (Å²) in [5.74, 6) is -1.95. The molecule has 3 aliphatic heterocycles. The van der Waals surface area contributed by atoms with Gasteiger partial charge in [0.15, 0.2) is 0 Å². The molecule has 3 fully saturated rings. The zero-order chi connectivity index (χ0) is 22.5. The first kappa shape index (κ1) is 25.1. The Balaban J connectivity index is 0.00000289. The Kier molecular flexibility index (Phi) is 7.35. The van der Waals surface area contributed by atoms with E-state index in [9.17, 15) is 22.4 Å². The number of amides is 1. The molecule has 2 N–H and O–H groups in total. The minimum atomic E-state index is -4.84. The summed E-state index contributed by atoms with van der Waals surface area (Å²) in [7, 11) is 0. The molecule has 0 aliphatic carbocycles. The Hall–Kier alpha value is -1.54. The lowest BCUT2D eigenvalue weighted by atomic mass is 9.73. The number of carbonyl (C=O) groups is 1. The fourth-order valence-corrected chi connectivity index (χ4v) is 5.80. The quantitative estimate of drug-likeness (QED) is 0.491. The molecule has 2 aromatic rings. The van der Waals surface area contributed by atoms with Crippen molar-refractivity contribution in [2.24, 2.45) is 11.7 Å². The summed E-state index contributed by atoms with van der Waals surface area (Å²) in [6.07, 6.45) is -2.13. The number of hydrogen-bond donors (Lipinski definition) is 1. The second-order valence-electron chi connectivity index (χ2n) is 8.19. The maximum Gasteiger partial charge on any atom is 0.418 e. The monoisotopic (exact) mass is 510 g/mol. The Morgan fingerprint density at radius 3 is 2.19 bits per heavy atom. The van der Waals surface area contributed by atoms with E-state index in [1.807, 2.05) is 0 Å². The van der Waals surface area contributed by atoms with Gasteiger partial charge in [-0.15, -0.1) is 12.4 Å². The minimum Gasteiger partial charge on any atom is -0.366 e. The van der Waals surface area contributed by atoms with Crippen LogP contribution in [0.1, 0.15) is 52.2 Å². The van der Waals surface area contributed by atoms with Crippen LogP contribution in [0.5, 0.6) is 0 Å². The van der Waals surface area contributed by atoms with E-state index in [0.29, 0.717) is 17.9 Å². The maximum atomic E-state index is 14.2. The van der Waals surface area contributed by atoms with Gasteiger partial charge in [-0.05, 0) is 67.6 Å². The number of piperidine rings is 3. The molecule has 174 valence electrons. The number of fused-ring (bicyclic) bond motifs is 3. The van der Waals surface area contributed by atoms with Gasteiger partial charge in [0.2, 0.25) is 0 Å². The highest BCUT2D eigenvalue weighted by molar-refractivity contribution is 6.40. The fourth-order valence-electron chi connectivity index (χ4n) is 5.03. The van der Waals surface area contributed by atoms with E-state index in [-0.39, 0.29) is 29.0 Å². The molecule has 2 aromatic carbocycles. The number of primary amides is 1. The predicted octanol–water partition coefficient (Wildman–Crippen LogP) is 6.29. The second-order valence-corrected chi connectivity index (χ2v) is 8.97. The average molecular weight is 512 g/mol. The first-order chi connectivity index (χ1) is 14.6. The Bertz CT molecular complexity index is 1010. The number of hydrogen-bond acceptors (Lipinski definition) is 2. The van der Waals surface area contributed by atoms with Crippen molar-refractivity contribution < 1.29 is 22.4 Å². The predicted molar refractivity (Wildman–Crippen MR) is 118 cm³/mol. The van der Waals surface area contributed by atoms with Gasteiger partial charge in [0.25, 0.3) is 5.91 Å². The Morgan fingerprint density at radius 2 is 1.72 bits per heavy atom. The standard InChI is InChI=1S/C22H20Cl2F4N2O.ClH/c23-15-10-14(19(22(26,27)28)20(24)18(15)21(29)31)17(12-1-3-13(25)4-2-12)16-9-11-5-7-30(16)8-6-11;/h1-4,10-11,16-17H,5-9H2,(H2,29,31);1H/t16-,17-;/m0./s1. The van der Waals surface area contributed by atoms with Gasteiger partial charge in [-0.1, -0.05) is 35.3 Å². The molecule has 0 saturated carbocycles. The van der Waals surface area contributed by atoms with Gasteiger partial charge in [-0.2, -0.15) is 13.2 Å². The van der Waals surface area contributed by atoms with E-state index < -0.39 is 40.0 Å². The van der Waals surface area contributed by atoms with Crippen molar-refractivity contribution in [2.45, 2.75) is 37.4 Å². The number of nitrogens with zero attached hydrogens (tertiary/aromatic N) is 1. The largest absolute Gasteiger partial charge is 0.418 e. The third kappa shape index (κ3) is 4.58. The summed E-state index contributed by atoms with van der Waals surface area (Å²) in [4.78, 5) is 13.9. The van der Waals surface area contributed by atoms with E-state index in [1.54, 1.807) is 0 Å². The van der Waals surface area contributed by atoms with E-state index in [4.69, 9.17) is 28.9 Å². The van der Waals surface area contributed by atoms with Crippen molar-refractivity contribution in [1.82, 2.24) is 4.90 Å². The van der Waals surface area contributed by atoms with Gasteiger partial charge in [0.05, 0.1) is 21.2 Å². The number of rotatable bonds is 4. The molecule has 32 heavy (non-hydrogen) atoms. The van der Waals surface area contributed by atoms with Crippen LogP contribution in [0.2, 0.25) is 10.0 Å². The van der Waals surface area contributed by atoms with Crippen molar-refractivity contribution >= 4 is 41.5 Å². The molecule has 3 heterocycles. The Morgan fingerprint density at radius 1 is 1.12 bits per heavy atom. The van der Waals surface area contributed by atoms with Gasteiger partial charge in [0, 0.05) is 12.0 Å². The van der Waals surface area contributed by atoms with Crippen LogP contribution < -0.4 is 5.73 Å². The fraction of sp³-hybridized carbons (Fsp3) is 0.409. The molecule has 0 aromatic heterocycles. The zero-order valence-corrected chi connectivity index (χ0v) is 19.1. The summed E-state index contributed by atoms with van der Waals surface area (Å²) >= 11 is 12.3. The summed E-state index contributed by atoms with van der Waals surface area (Å²) in [6, 6.07) is 6.36. The third-order valence-corrected chi connectivity index (χ3v) is 7.10. The second kappa shape index (κ2) is 9.37. The summed E-state index contributed by atoms with van der Waals surface area (Å²) < 4.78 is 56.3. The van der Waals surface area contributed by atoms with Crippen LogP contribution in [0.3, 0.4) is 0 Å². The molecule has 0 radical (unpaired) electrons. The number of benzene rings is 2. The summed E-state index contributed by atoms with van der Waals surface area (Å²) in [6.45, 7) is 1.57. The van der Waals surface area contributed by atoms with Crippen LogP contribution in [0.4, 0.5) is 17.6 Å². The van der Waals surface area contributed by atoms with Gasteiger partial charge < -0.3 is 5.73 Å². The van der Waals surface area contributed by atoms with Crippen LogP contribution in [-0.4, -0.2) is 29.9 Å². The number of nitrogens with two attached hydrogens (primary N) is 1. The van der Waals surface area contributed by atoms with Gasteiger partial charge >= 0.3 is 6.18 Å². The normalized spacial score (nSPS) is 23.5. The molecule has 3 saturated heterocycles. The molecule has 1 amide bonds. The molecule has 5 rings (SSSR count). The number of carbonyl (C=O) groups excluding carboxylic acids is 1. The molecule has 2 bridgehead atoms.